The van der Waals surface area contributed by atoms with E-state index >= 15 is 0 Å². The molecule has 2 aromatic carbocycles. The highest BCUT2D eigenvalue weighted by atomic mass is 79.9. The molecule has 2 nitrogen and oxygen atoms in total. The van der Waals surface area contributed by atoms with Crippen LogP contribution in [0.1, 0.15) is 22.8 Å². The fraction of sp³-hybridized carbons (Fsp3) is 0.133. The Labute approximate surface area is 125 Å². The van der Waals surface area contributed by atoms with Crippen molar-refractivity contribution in [2.45, 2.75) is 13.3 Å². The maximum atomic E-state index is 12.1. The normalized spacial score (nSPS) is 10.3. The quantitative estimate of drug-likeness (QED) is 0.846. The van der Waals surface area contributed by atoms with Gasteiger partial charge >= 0.3 is 0 Å². The Bertz CT molecular complexity index is 593. The number of amides is 1. The van der Waals surface area contributed by atoms with Crippen LogP contribution in [0.15, 0.2) is 46.9 Å². The van der Waals surface area contributed by atoms with E-state index in [4.69, 9.17) is 11.6 Å². The molecule has 1 amide bonds. The number of aryl methyl sites for hydroxylation is 1. The van der Waals surface area contributed by atoms with Gasteiger partial charge in [0.1, 0.15) is 0 Å². The zero-order valence-corrected chi connectivity index (χ0v) is 12.8. The number of nitrogens with one attached hydrogen (secondary N) is 1. The van der Waals surface area contributed by atoms with Gasteiger partial charge in [-0.05, 0) is 42.3 Å². The van der Waals surface area contributed by atoms with Gasteiger partial charge in [-0.15, -0.1) is 0 Å². The summed E-state index contributed by atoms with van der Waals surface area (Å²) in [6.07, 6.45) is 0.937. The first-order chi connectivity index (χ1) is 9.08. The molecule has 2 rings (SSSR count). The second-order valence-corrected chi connectivity index (χ2v) is 5.52. The second kappa shape index (κ2) is 6.22. The predicted molar refractivity (Wildman–Crippen MR) is 82.9 cm³/mol. The van der Waals surface area contributed by atoms with Crippen LogP contribution in [0.3, 0.4) is 0 Å². The van der Waals surface area contributed by atoms with Crippen molar-refractivity contribution in [3.8, 4) is 0 Å². The van der Waals surface area contributed by atoms with Gasteiger partial charge < -0.3 is 5.32 Å². The molecule has 0 aromatic heterocycles. The van der Waals surface area contributed by atoms with Gasteiger partial charge in [0.25, 0.3) is 5.91 Å². The van der Waals surface area contributed by atoms with Gasteiger partial charge in [-0.25, -0.2) is 0 Å². The van der Waals surface area contributed by atoms with E-state index in [9.17, 15) is 4.79 Å². The van der Waals surface area contributed by atoms with Crippen molar-refractivity contribution >= 4 is 39.1 Å². The third kappa shape index (κ3) is 3.82. The largest absolute Gasteiger partial charge is 0.322 e. The van der Waals surface area contributed by atoms with E-state index in [0.717, 1.165) is 16.6 Å². The molecular formula is C15H13BrClNO. The highest BCUT2D eigenvalue weighted by Gasteiger charge is 2.08. The zero-order valence-electron chi connectivity index (χ0n) is 10.4. The Morgan fingerprint density at radius 3 is 2.74 bits per heavy atom. The molecule has 0 fully saturated rings. The number of halogens is 2. The molecule has 0 unspecified atom stereocenters. The summed E-state index contributed by atoms with van der Waals surface area (Å²) in [4.78, 5) is 12.1. The lowest BCUT2D eigenvalue weighted by atomic mass is 10.1. The molecule has 2 aromatic rings. The number of carbonyl (C=O) groups is 1. The van der Waals surface area contributed by atoms with Crippen molar-refractivity contribution in [3.05, 3.63) is 63.1 Å². The van der Waals surface area contributed by atoms with Crippen molar-refractivity contribution in [1.82, 2.24) is 0 Å². The van der Waals surface area contributed by atoms with Gasteiger partial charge in [-0.3, -0.25) is 4.79 Å². The summed E-state index contributed by atoms with van der Waals surface area (Å²) in [5.41, 5.74) is 2.51. The smallest absolute Gasteiger partial charge is 0.255 e. The van der Waals surface area contributed by atoms with Gasteiger partial charge in [0.15, 0.2) is 0 Å². The molecule has 0 saturated heterocycles. The van der Waals surface area contributed by atoms with E-state index in [1.54, 1.807) is 18.2 Å². The molecule has 98 valence electrons. The highest BCUT2D eigenvalue weighted by Crippen LogP contribution is 2.20. The van der Waals surface area contributed by atoms with Crippen LogP contribution in [-0.4, -0.2) is 5.91 Å². The average molecular weight is 339 g/mol. The standard InChI is InChI=1S/C15H13BrClNO/c1-2-10-4-3-5-14(6-10)18-15(19)11-7-12(16)9-13(17)8-11/h3-9H,2H2,1H3,(H,18,19). The van der Waals surface area contributed by atoms with Crippen molar-refractivity contribution in [3.63, 3.8) is 0 Å². The van der Waals surface area contributed by atoms with E-state index in [1.807, 2.05) is 24.3 Å². The Morgan fingerprint density at radius 1 is 1.26 bits per heavy atom. The lowest BCUT2D eigenvalue weighted by Crippen LogP contribution is -2.12. The SMILES string of the molecule is CCc1cccc(NC(=O)c2cc(Cl)cc(Br)c2)c1. The molecule has 0 radical (unpaired) electrons. The number of rotatable bonds is 3. The summed E-state index contributed by atoms with van der Waals surface area (Å²) in [5, 5.41) is 3.40. The predicted octanol–water partition coefficient (Wildman–Crippen LogP) is 4.92. The summed E-state index contributed by atoms with van der Waals surface area (Å²) in [7, 11) is 0. The first-order valence-electron chi connectivity index (χ1n) is 5.95. The lowest BCUT2D eigenvalue weighted by molar-refractivity contribution is 0.102. The number of hydrogen-bond donors (Lipinski definition) is 1. The topological polar surface area (TPSA) is 29.1 Å². The summed E-state index contributed by atoms with van der Waals surface area (Å²) in [6, 6.07) is 12.9. The van der Waals surface area contributed by atoms with Crippen LogP contribution in [0.4, 0.5) is 5.69 Å². The summed E-state index contributed by atoms with van der Waals surface area (Å²) in [5.74, 6) is -0.170. The van der Waals surface area contributed by atoms with Crippen LogP contribution in [0.25, 0.3) is 0 Å². The minimum absolute atomic E-state index is 0.170. The monoisotopic (exact) mass is 337 g/mol. The molecule has 0 saturated carbocycles. The number of hydrogen-bond acceptors (Lipinski definition) is 1. The maximum absolute atomic E-state index is 12.1. The molecule has 0 aliphatic carbocycles. The van der Waals surface area contributed by atoms with Crippen LogP contribution < -0.4 is 5.32 Å². The van der Waals surface area contributed by atoms with Gasteiger partial charge in [-0.1, -0.05) is 46.6 Å². The van der Waals surface area contributed by atoms with Gasteiger partial charge in [0.05, 0.1) is 0 Å². The van der Waals surface area contributed by atoms with Crippen LogP contribution in [0, 0.1) is 0 Å². The van der Waals surface area contributed by atoms with Gasteiger partial charge in [0, 0.05) is 20.7 Å². The Morgan fingerprint density at radius 2 is 2.05 bits per heavy atom. The summed E-state index contributed by atoms with van der Waals surface area (Å²) < 4.78 is 0.785. The van der Waals surface area contributed by atoms with Crippen LogP contribution in [0.2, 0.25) is 5.02 Å². The van der Waals surface area contributed by atoms with Crippen molar-refractivity contribution in [2.24, 2.45) is 0 Å². The molecule has 0 heterocycles. The molecule has 0 bridgehead atoms. The summed E-state index contributed by atoms with van der Waals surface area (Å²) in [6.45, 7) is 2.08. The molecule has 19 heavy (non-hydrogen) atoms. The fourth-order valence-electron chi connectivity index (χ4n) is 1.76. The van der Waals surface area contributed by atoms with Gasteiger partial charge in [-0.2, -0.15) is 0 Å². The lowest BCUT2D eigenvalue weighted by Gasteiger charge is -2.07. The highest BCUT2D eigenvalue weighted by molar-refractivity contribution is 9.10. The fourth-order valence-corrected chi connectivity index (χ4v) is 2.62. The minimum Gasteiger partial charge on any atom is -0.322 e. The third-order valence-corrected chi connectivity index (χ3v) is 3.39. The van der Waals surface area contributed by atoms with E-state index in [0.29, 0.717) is 10.6 Å². The molecule has 0 aliphatic rings. The first kappa shape index (κ1) is 14.1. The molecule has 0 atom stereocenters. The van der Waals surface area contributed by atoms with Crippen molar-refractivity contribution in [1.29, 1.82) is 0 Å². The molecule has 0 aliphatic heterocycles. The zero-order chi connectivity index (χ0) is 13.8. The van der Waals surface area contributed by atoms with E-state index in [2.05, 4.69) is 28.2 Å². The first-order valence-corrected chi connectivity index (χ1v) is 7.12. The van der Waals surface area contributed by atoms with Crippen LogP contribution in [0.5, 0.6) is 0 Å². The molecule has 4 heteroatoms. The second-order valence-electron chi connectivity index (χ2n) is 4.17. The van der Waals surface area contributed by atoms with Crippen molar-refractivity contribution < 1.29 is 4.79 Å². The Balaban J connectivity index is 2.20. The summed E-state index contributed by atoms with van der Waals surface area (Å²) >= 11 is 9.26. The Kier molecular flexibility index (Phi) is 4.61. The molecule has 0 spiro atoms. The van der Waals surface area contributed by atoms with Crippen molar-refractivity contribution in [2.75, 3.05) is 5.32 Å². The average Bonchev–Trinajstić information content (AvgIpc) is 2.37. The van der Waals surface area contributed by atoms with E-state index in [1.165, 1.54) is 5.56 Å². The van der Waals surface area contributed by atoms with Crippen LogP contribution in [-0.2, 0) is 6.42 Å². The van der Waals surface area contributed by atoms with Crippen LogP contribution >= 0.6 is 27.5 Å². The number of benzene rings is 2. The number of anilines is 1. The number of carbonyl (C=O) groups excluding carboxylic acids is 1. The van der Waals surface area contributed by atoms with E-state index < -0.39 is 0 Å². The minimum atomic E-state index is -0.170. The third-order valence-electron chi connectivity index (χ3n) is 2.72. The Hall–Kier alpha value is -1.32. The maximum Gasteiger partial charge on any atom is 0.255 e. The molecule has 1 N–H and O–H groups in total. The van der Waals surface area contributed by atoms with Gasteiger partial charge in [0.2, 0.25) is 0 Å². The molecular weight excluding hydrogens is 326 g/mol. The van der Waals surface area contributed by atoms with E-state index in [-0.39, 0.29) is 5.91 Å².